The molecule has 0 aromatic heterocycles. The first-order chi connectivity index (χ1) is 12.1. The standard InChI is InChI=1S/C18H27N3O4/c1-13(23)19-11-15-17(18(24)16(12-22)25-15)21-9-7-20(8-10-21)14-5-3-2-4-6-14/h2-6,15-18,22,24H,7-12H2,1H3,(H,19,23)/t15-,16-,17-,18+/m0/s1. The molecule has 3 rings (SSSR count). The Labute approximate surface area is 148 Å². The second kappa shape index (κ2) is 8.14. The smallest absolute Gasteiger partial charge is 0.216 e. The second-order valence-corrected chi connectivity index (χ2v) is 6.67. The summed E-state index contributed by atoms with van der Waals surface area (Å²) in [6.45, 7) is 4.91. The van der Waals surface area contributed by atoms with E-state index in [1.54, 1.807) is 0 Å². The maximum Gasteiger partial charge on any atom is 0.216 e. The molecule has 0 spiro atoms. The van der Waals surface area contributed by atoms with Crippen LogP contribution in [0.5, 0.6) is 0 Å². The van der Waals surface area contributed by atoms with Crippen LogP contribution in [0, 0.1) is 0 Å². The van der Waals surface area contributed by atoms with Gasteiger partial charge in [-0.2, -0.15) is 0 Å². The third kappa shape index (κ3) is 4.12. The molecular formula is C18H27N3O4. The molecule has 0 bridgehead atoms. The summed E-state index contributed by atoms with van der Waals surface area (Å²) in [6.07, 6.45) is -1.68. The lowest BCUT2D eigenvalue weighted by molar-refractivity contribution is -0.119. The number of aliphatic hydroxyl groups excluding tert-OH is 2. The van der Waals surface area contributed by atoms with Crippen molar-refractivity contribution >= 4 is 11.6 Å². The zero-order chi connectivity index (χ0) is 17.8. The quantitative estimate of drug-likeness (QED) is 0.660. The summed E-state index contributed by atoms with van der Waals surface area (Å²) < 4.78 is 5.78. The van der Waals surface area contributed by atoms with Crippen molar-refractivity contribution in [3.05, 3.63) is 30.3 Å². The van der Waals surface area contributed by atoms with Crippen molar-refractivity contribution < 1.29 is 19.7 Å². The molecule has 7 nitrogen and oxygen atoms in total. The molecule has 138 valence electrons. The van der Waals surface area contributed by atoms with Crippen molar-refractivity contribution in [1.82, 2.24) is 10.2 Å². The SMILES string of the molecule is CC(=O)NC[C@@H]1O[C@@H](CO)[C@@H](O)[C@H]1N1CCN(c2ccccc2)CC1. The molecule has 4 atom stereocenters. The number of ether oxygens (including phenoxy) is 1. The highest BCUT2D eigenvalue weighted by molar-refractivity contribution is 5.72. The number of rotatable bonds is 5. The fraction of sp³-hybridized carbons (Fsp3) is 0.611. The molecule has 1 aromatic rings. The van der Waals surface area contributed by atoms with Gasteiger partial charge in [-0.1, -0.05) is 18.2 Å². The zero-order valence-electron chi connectivity index (χ0n) is 14.5. The van der Waals surface area contributed by atoms with Crippen molar-refractivity contribution in [2.75, 3.05) is 44.2 Å². The Balaban J connectivity index is 1.63. The molecule has 2 saturated heterocycles. The number of amides is 1. The van der Waals surface area contributed by atoms with Crippen molar-refractivity contribution in [2.45, 2.75) is 31.3 Å². The van der Waals surface area contributed by atoms with E-state index in [0.29, 0.717) is 6.54 Å². The van der Waals surface area contributed by atoms with Gasteiger partial charge in [0, 0.05) is 45.3 Å². The van der Waals surface area contributed by atoms with Crippen LogP contribution in [-0.2, 0) is 9.53 Å². The lowest BCUT2D eigenvalue weighted by atomic mass is 10.0. The van der Waals surface area contributed by atoms with E-state index in [1.807, 2.05) is 18.2 Å². The first kappa shape index (κ1) is 18.1. The van der Waals surface area contributed by atoms with E-state index in [2.05, 4.69) is 27.2 Å². The molecule has 0 radical (unpaired) electrons. The number of anilines is 1. The summed E-state index contributed by atoms with van der Waals surface area (Å²) in [4.78, 5) is 15.8. The van der Waals surface area contributed by atoms with Crippen molar-refractivity contribution in [2.24, 2.45) is 0 Å². The van der Waals surface area contributed by atoms with Crippen LogP contribution in [-0.4, -0.2) is 84.7 Å². The van der Waals surface area contributed by atoms with E-state index in [-0.39, 0.29) is 24.7 Å². The van der Waals surface area contributed by atoms with Gasteiger partial charge in [0.1, 0.15) is 12.2 Å². The fourth-order valence-corrected chi connectivity index (χ4v) is 3.76. The van der Waals surface area contributed by atoms with E-state index in [9.17, 15) is 15.0 Å². The van der Waals surface area contributed by atoms with Crippen LogP contribution >= 0.6 is 0 Å². The fourth-order valence-electron chi connectivity index (χ4n) is 3.76. The predicted octanol–water partition coefficient (Wildman–Crippen LogP) is -0.566. The van der Waals surface area contributed by atoms with Crippen molar-refractivity contribution in [1.29, 1.82) is 0 Å². The number of nitrogens with zero attached hydrogens (tertiary/aromatic N) is 2. The number of benzene rings is 1. The minimum absolute atomic E-state index is 0.127. The largest absolute Gasteiger partial charge is 0.394 e. The van der Waals surface area contributed by atoms with Crippen LogP contribution in [0.2, 0.25) is 0 Å². The minimum Gasteiger partial charge on any atom is -0.394 e. The number of aliphatic hydroxyl groups is 2. The molecule has 0 saturated carbocycles. The van der Waals surface area contributed by atoms with Gasteiger partial charge >= 0.3 is 0 Å². The van der Waals surface area contributed by atoms with Crippen LogP contribution in [0.1, 0.15) is 6.92 Å². The molecule has 3 N–H and O–H groups in total. The number of nitrogens with one attached hydrogen (secondary N) is 1. The van der Waals surface area contributed by atoms with Crippen LogP contribution < -0.4 is 10.2 Å². The summed E-state index contributed by atoms with van der Waals surface area (Å²) in [5.74, 6) is -0.127. The molecular weight excluding hydrogens is 322 g/mol. The molecule has 0 unspecified atom stereocenters. The normalized spacial score (nSPS) is 30.4. The third-order valence-corrected chi connectivity index (χ3v) is 5.05. The monoisotopic (exact) mass is 349 g/mol. The van der Waals surface area contributed by atoms with E-state index >= 15 is 0 Å². The second-order valence-electron chi connectivity index (χ2n) is 6.67. The van der Waals surface area contributed by atoms with Crippen LogP contribution in [0.3, 0.4) is 0 Å². The Kier molecular flexibility index (Phi) is 5.90. The van der Waals surface area contributed by atoms with Gasteiger partial charge in [0.15, 0.2) is 0 Å². The van der Waals surface area contributed by atoms with Gasteiger partial charge in [0.2, 0.25) is 5.91 Å². The third-order valence-electron chi connectivity index (χ3n) is 5.05. The highest BCUT2D eigenvalue weighted by Gasteiger charge is 2.46. The summed E-state index contributed by atoms with van der Waals surface area (Å²) in [7, 11) is 0. The number of para-hydroxylation sites is 1. The molecule has 7 heteroatoms. The first-order valence-electron chi connectivity index (χ1n) is 8.83. The predicted molar refractivity (Wildman–Crippen MR) is 94.5 cm³/mol. The average Bonchev–Trinajstić information content (AvgIpc) is 2.96. The van der Waals surface area contributed by atoms with Gasteiger partial charge in [-0.15, -0.1) is 0 Å². The average molecular weight is 349 g/mol. The van der Waals surface area contributed by atoms with Gasteiger partial charge in [0.25, 0.3) is 0 Å². The Hall–Kier alpha value is -1.67. The van der Waals surface area contributed by atoms with Gasteiger partial charge in [-0.05, 0) is 12.1 Å². The Morgan fingerprint density at radius 2 is 1.88 bits per heavy atom. The lowest BCUT2D eigenvalue weighted by Gasteiger charge is -2.41. The summed E-state index contributed by atoms with van der Waals surface area (Å²) >= 11 is 0. The summed E-state index contributed by atoms with van der Waals surface area (Å²) in [5, 5.41) is 22.8. The van der Waals surface area contributed by atoms with Gasteiger partial charge in [0.05, 0.1) is 18.8 Å². The Morgan fingerprint density at radius 3 is 2.48 bits per heavy atom. The maximum absolute atomic E-state index is 11.2. The Bertz CT molecular complexity index is 563. The lowest BCUT2D eigenvalue weighted by Crippen LogP contribution is -2.57. The van der Waals surface area contributed by atoms with Crippen LogP contribution in [0.15, 0.2) is 30.3 Å². The Morgan fingerprint density at radius 1 is 1.20 bits per heavy atom. The summed E-state index contributed by atoms with van der Waals surface area (Å²) in [5.41, 5.74) is 1.20. The van der Waals surface area contributed by atoms with Crippen LogP contribution in [0.4, 0.5) is 5.69 Å². The number of piperazine rings is 1. The molecule has 2 heterocycles. The molecule has 2 aliphatic heterocycles. The van der Waals surface area contributed by atoms with E-state index in [4.69, 9.17) is 4.74 Å². The molecule has 0 aliphatic carbocycles. The molecule has 1 amide bonds. The topological polar surface area (TPSA) is 85.3 Å². The number of hydrogen-bond donors (Lipinski definition) is 3. The maximum atomic E-state index is 11.2. The molecule has 25 heavy (non-hydrogen) atoms. The van der Waals surface area contributed by atoms with E-state index < -0.39 is 12.2 Å². The highest BCUT2D eigenvalue weighted by Crippen LogP contribution is 2.27. The van der Waals surface area contributed by atoms with Gasteiger partial charge < -0.3 is 25.2 Å². The van der Waals surface area contributed by atoms with E-state index in [1.165, 1.54) is 12.6 Å². The number of carbonyl (C=O) groups is 1. The first-order valence-corrected chi connectivity index (χ1v) is 8.83. The molecule has 1 aromatic carbocycles. The van der Waals surface area contributed by atoms with Crippen molar-refractivity contribution in [3.63, 3.8) is 0 Å². The highest BCUT2D eigenvalue weighted by atomic mass is 16.5. The van der Waals surface area contributed by atoms with Gasteiger partial charge in [-0.3, -0.25) is 9.69 Å². The number of hydrogen-bond acceptors (Lipinski definition) is 6. The molecule has 2 aliphatic rings. The van der Waals surface area contributed by atoms with Crippen LogP contribution in [0.25, 0.3) is 0 Å². The number of carbonyl (C=O) groups excluding carboxylic acids is 1. The summed E-state index contributed by atoms with van der Waals surface area (Å²) in [6, 6.07) is 10.1. The van der Waals surface area contributed by atoms with E-state index in [0.717, 1.165) is 26.2 Å². The zero-order valence-corrected chi connectivity index (χ0v) is 14.5. The van der Waals surface area contributed by atoms with Crippen molar-refractivity contribution in [3.8, 4) is 0 Å². The minimum atomic E-state index is -0.757. The molecule has 2 fully saturated rings. The van der Waals surface area contributed by atoms with Gasteiger partial charge in [-0.25, -0.2) is 0 Å².